The number of aliphatic hydroxyl groups is 1. The van der Waals surface area contributed by atoms with Gasteiger partial charge in [0.25, 0.3) is 0 Å². The molecular formula is C24H25IN4O3S. The third kappa shape index (κ3) is 5.90. The second kappa shape index (κ2) is 11.6. The van der Waals surface area contributed by atoms with Gasteiger partial charge in [-0.15, -0.1) is 0 Å². The summed E-state index contributed by atoms with van der Waals surface area (Å²) in [5.41, 5.74) is 2.98. The van der Waals surface area contributed by atoms with E-state index in [1.54, 1.807) is 20.0 Å². The Labute approximate surface area is 211 Å². The van der Waals surface area contributed by atoms with Gasteiger partial charge in [0.15, 0.2) is 0 Å². The Bertz CT molecular complexity index is 1210. The molecule has 3 rings (SSSR count). The van der Waals surface area contributed by atoms with Crippen LogP contribution in [0.4, 0.5) is 5.82 Å². The smallest absolute Gasteiger partial charge is 0.224 e. The highest BCUT2D eigenvalue weighted by Crippen LogP contribution is 2.32. The van der Waals surface area contributed by atoms with E-state index in [1.807, 2.05) is 66.2 Å². The number of nitrogens with zero attached hydrogens (tertiary/aromatic N) is 3. The summed E-state index contributed by atoms with van der Waals surface area (Å²) in [5, 5.41) is 11.4. The predicted molar refractivity (Wildman–Crippen MR) is 141 cm³/mol. The van der Waals surface area contributed by atoms with Crippen molar-refractivity contribution in [3.8, 4) is 0 Å². The Balaban J connectivity index is 1.94. The van der Waals surface area contributed by atoms with Gasteiger partial charge in [0.1, 0.15) is 11.6 Å². The highest BCUT2D eigenvalue weighted by Gasteiger charge is 2.19. The molecule has 1 heterocycles. The lowest BCUT2D eigenvalue weighted by Crippen LogP contribution is -2.22. The number of hydrogen-bond acceptors (Lipinski definition) is 7. The highest BCUT2D eigenvalue weighted by molar-refractivity contribution is 14.1. The van der Waals surface area contributed by atoms with Crippen LogP contribution in [0.2, 0.25) is 0 Å². The van der Waals surface area contributed by atoms with Crippen LogP contribution < -0.4 is 3.53 Å². The zero-order valence-corrected chi connectivity index (χ0v) is 21.6. The first-order chi connectivity index (χ1) is 15.9. The molecule has 0 aliphatic rings. The molecule has 1 aromatic heterocycles. The Morgan fingerprint density at radius 3 is 2.64 bits per heavy atom. The number of hydrogen-bond donors (Lipinski definition) is 2. The van der Waals surface area contributed by atoms with E-state index in [0.29, 0.717) is 27.8 Å². The van der Waals surface area contributed by atoms with E-state index in [4.69, 9.17) is 0 Å². The Morgan fingerprint density at radius 2 is 1.97 bits per heavy atom. The van der Waals surface area contributed by atoms with Crippen LogP contribution in [0.1, 0.15) is 40.7 Å². The summed E-state index contributed by atoms with van der Waals surface area (Å²) in [6.07, 6.45) is 2.66. The number of fused-ring (bicyclic) bond motifs is 1. The zero-order valence-electron chi connectivity index (χ0n) is 18.6. The van der Waals surface area contributed by atoms with Crippen LogP contribution in [0.3, 0.4) is 0 Å². The normalized spacial score (nSPS) is 11.8. The summed E-state index contributed by atoms with van der Waals surface area (Å²) in [6.45, 7) is 5.65. The number of aliphatic hydroxyl groups excluding tert-OH is 1. The topological polar surface area (TPSA) is 95.4 Å². The van der Waals surface area contributed by atoms with Crippen molar-refractivity contribution in [1.29, 1.82) is 0 Å². The molecule has 0 aliphatic carbocycles. The van der Waals surface area contributed by atoms with Crippen molar-refractivity contribution in [2.24, 2.45) is 0 Å². The number of nitrogens with one attached hydrogen (secondary N) is 1. The minimum Gasteiger partial charge on any atom is -0.396 e. The number of allylic oxidation sites excluding steroid dienone is 1. The van der Waals surface area contributed by atoms with E-state index < -0.39 is 0 Å². The number of thioether (sulfide) groups is 1. The fourth-order valence-electron chi connectivity index (χ4n) is 3.54. The Kier molecular flexibility index (Phi) is 8.81. The number of rotatable bonds is 9. The van der Waals surface area contributed by atoms with Gasteiger partial charge in [0, 0.05) is 41.0 Å². The largest absolute Gasteiger partial charge is 0.396 e. The minimum atomic E-state index is -0.136. The van der Waals surface area contributed by atoms with Crippen molar-refractivity contribution in [3.05, 3.63) is 75.7 Å². The van der Waals surface area contributed by atoms with Crippen LogP contribution in [-0.2, 0) is 11.3 Å². The SMILES string of the molecule is C/C(=C(\CCO)SC(=O)c1cccc2cccc(C)c12)N(C=O)Cc1cnc(C)nc1NI. The molecule has 0 unspecified atom stereocenters. The maximum absolute atomic E-state index is 13.3. The summed E-state index contributed by atoms with van der Waals surface area (Å²) < 4.78 is 3.00. The van der Waals surface area contributed by atoms with Gasteiger partial charge in [-0.25, -0.2) is 9.97 Å². The van der Waals surface area contributed by atoms with Gasteiger partial charge in [-0.1, -0.05) is 30.3 Å². The molecule has 9 heteroatoms. The molecule has 0 fully saturated rings. The van der Waals surface area contributed by atoms with E-state index >= 15 is 0 Å². The highest BCUT2D eigenvalue weighted by atomic mass is 127. The molecule has 33 heavy (non-hydrogen) atoms. The van der Waals surface area contributed by atoms with Gasteiger partial charge in [-0.2, -0.15) is 0 Å². The maximum Gasteiger partial charge on any atom is 0.224 e. The number of aryl methyl sites for hydroxylation is 2. The van der Waals surface area contributed by atoms with Gasteiger partial charge >= 0.3 is 0 Å². The summed E-state index contributed by atoms with van der Waals surface area (Å²) >= 11 is 3.04. The first kappa shape index (κ1) is 25.1. The summed E-state index contributed by atoms with van der Waals surface area (Å²) in [6, 6.07) is 11.6. The molecule has 0 atom stereocenters. The molecule has 3 aromatic rings. The summed E-state index contributed by atoms with van der Waals surface area (Å²) in [4.78, 5) is 36.0. The van der Waals surface area contributed by atoms with Crippen molar-refractivity contribution in [1.82, 2.24) is 14.9 Å². The fraction of sp³-hybridized carbons (Fsp3) is 0.250. The molecule has 0 radical (unpaired) electrons. The molecule has 0 saturated carbocycles. The number of aromatic nitrogens is 2. The number of benzene rings is 2. The molecule has 2 aromatic carbocycles. The van der Waals surface area contributed by atoms with Crippen LogP contribution in [0.25, 0.3) is 10.8 Å². The van der Waals surface area contributed by atoms with Gasteiger partial charge in [0.05, 0.1) is 29.4 Å². The van der Waals surface area contributed by atoms with Crippen LogP contribution in [0.5, 0.6) is 0 Å². The van der Waals surface area contributed by atoms with Crippen LogP contribution in [0.15, 0.2) is 53.2 Å². The Hall–Kier alpha value is -2.50. The van der Waals surface area contributed by atoms with E-state index in [2.05, 4.69) is 13.5 Å². The van der Waals surface area contributed by atoms with Gasteiger partial charge in [0.2, 0.25) is 11.5 Å². The number of anilines is 1. The number of halogens is 1. The van der Waals surface area contributed by atoms with Crippen molar-refractivity contribution in [2.45, 2.75) is 33.7 Å². The molecule has 1 amide bonds. The standard InChI is InChI=1S/C24H25IN4O3S/c1-15-6-4-7-18-8-5-9-20(22(15)18)24(32)33-21(10-11-30)16(2)29(14-31)13-19-12-26-17(3)27-23(19)28-25/h4-9,12,14,30H,10-11,13H2,1-3H3,(H,26,27,28)/b21-16-. The first-order valence-corrected chi connectivity index (χ1v) is 12.2. The third-order valence-electron chi connectivity index (χ3n) is 5.26. The number of carbonyl (C=O) groups is 2. The van der Waals surface area contributed by atoms with E-state index in [0.717, 1.165) is 40.1 Å². The molecule has 2 N–H and O–H groups in total. The van der Waals surface area contributed by atoms with Crippen molar-refractivity contribution in [3.63, 3.8) is 0 Å². The average Bonchev–Trinajstić information content (AvgIpc) is 2.82. The first-order valence-electron chi connectivity index (χ1n) is 10.3. The molecular weight excluding hydrogens is 551 g/mol. The lowest BCUT2D eigenvalue weighted by atomic mass is 10.0. The van der Waals surface area contributed by atoms with Crippen molar-refractivity contribution >= 4 is 62.7 Å². The van der Waals surface area contributed by atoms with Crippen LogP contribution >= 0.6 is 34.6 Å². The zero-order chi connectivity index (χ0) is 24.0. The third-order valence-corrected chi connectivity index (χ3v) is 6.93. The lowest BCUT2D eigenvalue weighted by molar-refractivity contribution is -0.116. The number of carbonyl (C=O) groups excluding carboxylic acids is 2. The van der Waals surface area contributed by atoms with E-state index in [9.17, 15) is 14.7 Å². The monoisotopic (exact) mass is 576 g/mol. The van der Waals surface area contributed by atoms with Gasteiger partial charge < -0.3 is 13.5 Å². The molecule has 0 spiro atoms. The van der Waals surface area contributed by atoms with Crippen LogP contribution in [-0.4, -0.2) is 38.1 Å². The summed E-state index contributed by atoms with van der Waals surface area (Å²) in [7, 11) is 0. The molecule has 0 bridgehead atoms. The van der Waals surface area contributed by atoms with Crippen molar-refractivity contribution in [2.75, 3.05) is 10.1 Å². The quantitative estimate of drug-likeness (QED) is 0.207. The summed E-state index contributed by atoms with van der Waals surface area (Å²) in [5.74, 6) is 1.25. The molecule has 172 valence electrons. The average molecular weight is 576 g/mol. The molecule has 0 saturated heterocycles. The maximum atomic E-state index is 13.3. The van der Waals surface area contributed by atoms with Crippen molar-refractivity contribution < 1.29 is 14.7 Å². The molecule has 7 nitrogen and oxygen atoms in total. The predicted octanol–water partition coefficient (Wildman–Crippen LogP) is 5.15. The second-order valence-electron chi connectivity index (χ2n) is 7.47. The van der Waals surface area contributed by atoms with Crippen LogP contribution in [0, 0.1) is 13.8 Å². The van der Waals surface area contributed by atoms with E-state index in [-0.39, 0.29) is 24.7 Å². The lowest BCUT2D eigenvalue weighted by Gasteiger charge is -2.22. The van der Waals surface area contributed by atoms with Gasteiger partial charge in [-0.05, 0) is 54.9 Å². The van der Waals surface area contributed by atoms with Gasteiger partial charge in [-0.3, -0.25) is 9.59 Å². The number of amides is 1. The second-order valence-corrected chi connectivity index (χ2v) is 9.08. The minimum absolute atomic E-state index is 0.128. The molecule has 0 aliphatic heterocycles. The van der Waals surface area contributed by atoms with E-state index in [1.165, 1.54) is 4.90 Å². The Morgan fingerprint density at radius 1 is 1.24 bits per heavy atom. The fourth-order valence-corrected chi connectivity index (χ4v) is 4.97.